The molecule has 0 rings (SSSR count). The van der Waals surface area contributed by atoms with Crippen LogP contribution in [-0.4, -0.2) is 25.8 Å². The molecule has 0 heterocycles. The summed E-state index contributed by atoms with van der Waals surface area (Å²) in [4.78, 5) is 10.7. The van der Waals surface area contributed by atoms with Crippen LogP contribution in [0, 0.1) is 17.8 Å². The highest BCUT2D eigenvalue weighted by Crippen LogP contribution is 2.18. The molecular formula is C21H44O3. The molecular weight excluding hydrogens is 300 g/mol. The third-order valence-corrected chi connectivity index (χ3v) is 4.77. The minimum Gasteiger partial charge on any atom is -0.469 e. The molecule has 1 unspecified atom stereocenters. The van der Waals surface area contributed by atoms with E-state index >= 15 is 0 Å². The molecule has 146 valence electrons. The first-order valence-electron chi connectivity index (χ1n) is 8.95. The molecule has 0 aliphatic carbocycles. The van der Waals surface area contributed by atoms with Crippen LogP contribution in [0.15, 0.2) is 11.1 Å². The predicted molar refractivity (Wildman–Crippen MR) is 106 cm³/mol. The molecule has 0 spiro atoms. The minimum absolute atomic E-state index is 0.0417. The predicted octanol–water partition coefficient (Wildman–Crippen LogP) is 6.27. The zero-order valence-electron chi connectivity index (χ0n) is 18.7. The molecule has 0 aliphatic heterocycles. The number of hydrogen-bond acceptors (Lipinski definition) is 3. The Morgan fingerprint density at radius 3 is 1.38 bits per heavy atom. The number of carbonyl (C=O) groups excluding carboxylic acids is 1. The van der Waals surface area contributed by atoms with E-state index in [1.54, 1.807) is 7.11 Å². The van der Waals surface area contributed by atoms with Crippen LogP contribution in [0.4, 0.5) is 0 Å². The van der Waals surface area contributed by atoms with E-state index in [9.17, 15) is 4.79 Å². The summed E-state index contributed by atoms with van der Waals surface area (Å²) >= 11 is 0. The largest absolute Gasteiger partial charge is 0.469 e. The maximum atomic E-state index is 10.7. The van der Waals surface area contributed by atoms with Crippen molar-refractivity contribution in [3.63, 3.8) is 0 Å². The van der Waals surface area contributed by atoms with E-state index in [4.69, 9.17) is 4.74 Å². The van der Waals surface area contributed by atoms with Crippen molar-refractivity contribution in [2.75, 3.05) is 14.2 Å². The molecule has 0 bridgehead atoms. The second-order valence-corrected chi connectivity index (χ2v) is 7.96. The van der Waals surface area contributed by atoms with E-state index in [0.29, 0.717) is 24.2 Å². The van der Waals surface area contributed by atoms with Gasteiger partial charge in [0.15, 0.2) is 0 Å². The number of ether oxygens (including phenoxy) is 2. The lowest BCUT2D eigenvalue weighted by molar-refractivity contribution is -0.141. The number of hydrogen-bond donors (Lipinski definition) is 0. The van der Waals surface area contributed by atoms with Gasteiger partial charge >= 0.3 is 5.97 Å². The van der Waals surface area contributed by atoms with Crippen LogP contribution in [0.5, 0.6) is 0 Å². The fraction of sp³-hybridized carbons (Fsp3) is 0.857. The lowest BCUT2D eigenvalue weighted by atomic mass is 9.95. The maximum absolute atomic E-state index is 10.7. The van der Waals surface area contributed by atoms with Crippen LogP contribution in [0.1, 0.15) is 82.6 Å². The zero-order chi connectivity index (χ0) is 20.1. The summed E-state index contributed by atoms with van der Waals surface area (Å²) in [6, 6.07) is 0. The van der Waals surface area contributed by atoms with E-state index in [1.807, 2.05) is 0 Å². The van der Waals surface area contributed by atoms with Gasteiger partial charge in [0.25, 0.3) is 0 Å². The van der Waals surface area contributed by atoms with Crippen LogP contribution < -0.4 is 0 Å². The summed E-state index contributed by atoms with van der Waals surface area (Å²) in [7, 11) is 3.18. The third kappa shape index (κ3) is 17.5. The molecule has 0 aromatic rings. The van der Waals surface area contributed by atoms with Gasteiger partial charge < -0.3 is 9.47 Å². The van der Waals surface area contributed by atoms with Gasteiger partial charge in [-0.3, -0.25) is 4.79 Å². The smallest absolute Gasteiger partial charge is 0.305 e. The van der Waals surface area contributed by atoms with Gasteiger partial charge in [-0.25, -0.2) is 0 Å². The molecule has 3 nitrogen and oxygen atoms in total. The first-order chi connectivity index (χ1) is 10.7. The lowest BCUT2D eigenvalue weighted by Gasteiger charge is -2.26. The molecule has 3 heteroatoms. The summed E-state index contributed by atoms with van der Waals surface area (Å²) < 4.78 is 9.73. The van der Waals surface area contributed by atoms with E-state index in [1.165, 1.54) is 18.3 Å². The summed E-state index contributed by atoms with van der Waals surface area (Å²) in [5, 5.41) is 0. The van der Waals surface area contributed by atoms with Crippen molar-refractivity contribution in [2.45, 2.75) is 88.2 Å². The first-order valence-corrected chi connectivity index (χ1v) is 8.95. The fourth-order valence-corrected chi connectivity index (χ4v) is 0.818. The fourth-order valence-electron chi connectivity index (χ4n) is 0.818. The Bertz CT molecular complexity index is 334. The molecule has 0 radical (unpaired) electrons. The van der Waals surface area contributed by atoms with Gasteiger partial charge in [0.05, 0.1) is 12.7 Å². The van der Waals surface area contributed by atoms with Crippen molar-refractivity contribution < 1.29 is 14.3 Å². The van der Waals surface area contributed by atoms with Crippen molar-refractivity contribution in [2.24, 2.45) is 17.8 Å². The maximum Gasteiger partial charge on any atom is 0.305 e. The highest BCUT2D eigenvalue weighted by atomic mass is 16.5. The minimum atomic E-state index is -0.110. The van der Waals surface area contributed by atoms with Gasteiger partial charge in [0.2, 0.25) is 0 Å². The van der Waals surface area contributed by atoms with Crippen molar-refractivity contribution >= 4 is 5.97 Å². The summed E-state index contributed by atoms with van der Waals surface area (Å²) in [6.45, 7) is 23.3. The highest BCUT2D eigenvalue weighted by molar-refractivity contribution is 5.69. The molecule has 24 heavy (non-hydrogen) atoms. The number of rotatable bonds is 5. The van der Waals surface area contributed by atoms with Gasteiger partial charge in [-0.15, -0.1) is 0 Å². The number of esters is 1. The molecule has 0 saturated heterocycles. The van der Waals surface area contributed by atoms with E-state index < -0.39 is 0 Å². The van der Waals surface area contributed by atoms with Crippen LogP contribution in [0.2, 0.25) is 0 Å². The molecule has 0 N–H and O–H groups in total. The second-order valence-electron chi connectivity index (χ2n) is 7.96. The zero-order valence-corrected chi connectivity index (χ0v) is 18.7. The Labute approximate surface area is 152 Å². The van der Waals surface area contributed by atoms with Crippen molar-refractivity contribution in [3.8, 4) is 0 Å². The van der Waals surface area contributed by atoms with Crippen LogP contribution in [-0.2, 0) is 14.3 Å². The second kappa shape index (κ2) is 14.5. The van der Waals surface area contributed by atoms with Gasteiger partial charge in [-0.1, -0.05) is 45.8 Å². The molecule has 0 aromatic heterocycles. The monoisotopic (exact) mass is 344 g/mol. The van der Waals surface area contributed by atoms with Crippen LogP contribution in [0.3, 0.4) is 0 Å². The molecule has 0 amide bonds. The highest BCUT2D eigenvalue weighted by Gasteiger charge is 2.20. The Balaban J connectivity index is -0.000000285. The molecule has 1 atom stereocenters. The quantitative estimate of drug-likeness (QED) is 0.435. The molecule has 0 aromatic carbocycles. The first kappa shape index (κ1) is 28.0. The third-order valence-electron chi connectivity index (χ3n) is 4.77. The van der Waals surface area contributed by atoms with Gasteiger partial charge in [-0.2, -0.15) is 0 Å². The number of carbonyl (C=O) groups is 1. The molecule has 0 aliphatic rings. The van der Waals surface area contributed by atoms with E-state index in [0.717, 1.165) is 0 Å². The van der Waals surface area contributed by atoms with Gasteiger partial charge in [-0.05, 0) is 59.3 Å². The van der Waals surface area contributed by atoms with E-state index in [-0.39, 0.29) is 11.6 Å². The standard InChI is InChI=1S/C8H16O2.C7H16O.C6H12/c1-6(2)7(3)5-8(9)10-4;1-6(2)7(3,4)8-5;1-5(2)6(3)4/h6-7H,5H2,1-4H3;6H,1-5H3;1-4H3. The number of allylic oxidation sites excluding steroid dienone is 2. The number of methoxy groups -OCH3 is 2. The lowest BCUT2D eigenvalue weighted by Crippen LogP contribution is -2.29. The Hall–Kier alpha value is -0.830. The topological polar surface area (TPSA) is 35.5 Å². The van der Waals surface area contributed by atoms with Crippen molar-refractivity contribution in [1.29, 1.82) is 0 Å². The van der Waals surface area contributed by atoms with Crippen molar-refractivity contribution in [1.82, 2.24) is 0 Å². The van der Waals surface area contributed by atoms with Gasteiger partial charge in [0.1, 0.15) is 0 Å². The van der Waals surface area contributed by atoms with Gasteiger partial charge in [0, 0.05) is 13.5 Å². The van der Waals surface area contributed by atoms with Crippen molar-refractivity contribution in [3.05, 3.63) is 11.1 Å². The summed E-state index contributed by atoms with van der Waals surface area (Å²) in [5.74, 6) is 1.46. The normalized spacial score (nSPS) is 11.8. The van der Waals surface area contributed by atoms with E-state index in [2.05, 4.69) is 80.9 Å². The SMILES string of the molecule is CC(C)=C(C)C.COC(=O)CC(C)C(C)C.COC(C)(C)C(C)C. The average Bonchev–Trinajstić information content (AvgIpc) is 2.47. The molecule has 0 fully saturated rings. The Morgan fingerprint density at radius 2 is 1.25 bits per heavy atom. The van der Waals surface area contributed by atoms with Crippen LogP contribution >= 0.6 is 0 Å². The Kier molecular flexibility index (Phi) is 16.9. The van der Waals surface area contributed by atoms with Crippen LogP contribution in [0.25, 0.3) is 0 Å². The summed E-state index contributed by atoms with van der Waals surface area (Å²) in [5.41, 5.74) is 2.89. The average molecular weight is 345 g/mol. The summed E-state index contributed by atoms with van der Waals surface area (Å²) in [6.07, 6.45) is 0.536. The Morgan fingerprint density at radius 1 is 0.875 bits per heavy atom. The molecule has 0 saturated carbocycles.